The summed E-state index contributed by atoms with van der Waals surface area (Å²) in [7, 11) is 0. The molecule has 0 aliphatic carbocycles. The van der Waals surface area contributed by atoms with E-state index >= 15 is 0 Å². The Morgan fingerprint density at radius 1 is 0.737 bits per heavy atom. The van der Waals surface area contributed by atoms with E-state index in [1.807, 2.05) is 20.8 Å². The maximum atomic E-state index is 12.3. The Balaban J connectivity index is 2.08. The average Bonchev–Trinajstić information content (AvgIpc) is 3.16. The molecule has 1 saturated heterocycles. The lowest BCUT2D eigenvalue weighted by molar-refractivity contribution is -0.140. The van der Waals surface area contributed by atoms with Gasteiger partial charge in [-0.05, 0) is 25.2 Å². The number of unbranched alkanes of at least 4 members (excludes halogenated alkanes) is 3. The highest BCUT2D eigenvalue weighted by Crippen LogP contribution is 2.26. The van der Waals surface area contributed by atoms with E-state index < -0.39 is 17.7 Å². The van der Waals surface area contributed by atoms with Gasteiger partial charge < -0.3 is 26.6 Å². The van der Waals surface area contributed by atoms with Gasteiger partial charge in [0.25, 0.3) is 0 Å². The van der Waals surface area contributed by atoms with Gasteiger partial charge in [0.05, 0.1) is 26.2 Å². The van der Waals surface area contributed by atoms with Crippen molar-refractivity contribution in [2.24, 2.45) is 11.8 Å². The molecular formula is C25H42N6O7. The maximum Gasteiger partial charge on any atom is 0.239 e. The van der Waals surface area contributed by atoms with Crippen LogP contribution in [0.3, 0.4) is 0 Å². The number of rotatable bonds is 18. The third kappa shape index (κ3) is 13.2. The molecule has 13 heteroatoms. The van der Waals surface area contributed by atoms with Crippen LogP contribution in [0.1, 0.15) is 65.7 Å². The molecule has 0 bridgehead atoms. The van der Waals surface area contributed by atoms with Gasteiger partial charge in [0.15, 0.2) is 0 Å². The molecule has 5 N–H and O–H groups in total. The van der Waals surface area contributed by atoms with Crippen LogP contribution >= 0.6 is 0 Å². The molecule has 1 unspecified atom stereocenters. The van der Waals surface area contributed by atoms with Crippen LogP contribution in [0.25, 0.3) is 0 Å². The van der Waals surface area contributed by atoms with Crippen LogP contribution in [-0.2, 0) is 33.6 Å². The van der Waals surface area contributed by atoms with Gasteiger partial charge >= 0.3 is 0 Å². The molecule has 1 aliphatic rings. The van der Waals surface area contributed by atoms with Crippen molar-refractivity contribution in [3.63, 3.8) is 0 Å². The van der Waals surface area contributed by atoms with Crippen LogP contribution < -0.4 is 26.6 Å². The molecule has 1 rings (SSSR count). The van der Waals surface area contributed by atoms with Crippen LogP contribution in [0.4, 0.5) is 0 Å². The highest BCUT2D eigenvalue weighted by molar-refractivity contribution is 6.03. The number of amides is 7. The Bertz CT molecular complexity index is 861. The minimum Gasteiger partial charge on any atom is -0.355 e. The molecule has 13 nitrogen and oxygen atoms in total. The highest BCUT2D eigenvalue weighted by atomic mass is 16.2. The van der Waals surface area contributed by atoms with Crippen LogP contribution in [0.5, 0.6) is 0 Å². The predicted molar refractivity (Wildman–Crippen MR) is 138 cm³/mol. The first kappa shape index (κ1) is 32.5. The van der Waals surface area contributed by atoms with Gasteiger partial charge in [0.2, 0.25) is 41.4 Å². The fourth-order valence-electron chi connectivity index (χ4n) is 3.66. The zero-order valence-corrected chi connectivity index (χ0v) is 22.7. The molecule has 0 aromatic rings. The van der Waals surface area contributed by atoms with E-state index in [2.05, 4.69) is 26.6 Å². The van der Waals surface area contributed by atoms with Crippen molar-refractivity contribution >= 4 is 41.4 Å². The number of hydrogen-bond donors (Lipinski definition) is 5. The third-order valence-electron chi connectivity index (χ3n) is 6.01. The van der Waals surface area contributed by atoms with E-state index in [1.165, 1.54) is 4.90 Å². The Labute approximate surface area is 223 Å². The zero-order chi connectivity index (χ0) is 28.5. The first-order chi connectivity index (χ1) is 18.0. The van der Waals surface area contributed by atoms with E-state index in [0.29, 0.717) is 32.4 Å². The summed E-state index contributed by atoms with van der Waals surface area (Å²) in [5, 5.41) is 12.1. The van der Waals surface area contributed by atoms with Crippen molar-refractivity contribution in [3.8, 4) is 0 Å². The van der Waals surface area contributed by atoms with Crippen LogP contribution in [-0.4, -0.2) is 85.5 Å². The lowest BCUT2D eigenvalue weighted by Crippen LogP contribution is -2.45. The van der Waals surface area contributed by atoms with E-state index in [1.54, 1.807) is 0 Å². The molecular weight excluding hydrogens is 496 g/mol. The lowest BCUT2D eigenvalue weighted by Gasteiger charge is -2.16. The topological polar surface area (TPSA) is 183 Å². The van der Waals surface area contributed by atoms with Crippen molar-refractivity contribution < 1.29 is 33.6 Å². The lowest BCUT2D eigenvalue weighted by atomic mass is 9.94. The van der Waals surface area contributed by atoms with Crippen molar-refractivity contribution in [2.45, 2.75) is 65.7 Å². The largest absolute Gasteiger partial charge is 0.355 e. The van der Waals surface area contributed by atoms with Gasteiger partial charge in [0, 0.05) is 31.8 Å². The van der Waals surface area contributed by atoms with Crippen LogP contribution in [0.15, 0.2) is 0 Å². The Morgan fingerprint density at radius 2 is 1.24 bits per heavy atom. The predicted octanol–water partition coefficient (Wildman–Crippen LogP) is -1.04. The van der Waals surface area contributed by atoms with Crippen molar-refractivity contribution in [1.29, 1.82) is 0 Å². The minimum absolute atomic E-state index is 0.118. The molecule has 0 saturated carbocycles. The van der Waals surface area contributed by atoms with Crippen LogP contribution in [0, 0.1) is 11.8 Å². The molecule has 1 aliphatic heterocycles. The van der Waals surface area contributed by atoms with Gasteiger partial charge in [0.1, 0.15) is 0 Å². The SMILES string of the molecule is CCCCNC(=O)CNC(=O)CNC(=O)CNC(=O)CNC(=O)CCCCCN1C(=O)CC(C(C)C)C1=O. The fraction of sp³-hybridized carbons (Fsp3) is 0.720. The van der Waals surface area contributed by atoms with Crippen LogP contribution in [0.2, 0.25) is 0 Å². The fourth-order valence-corrected chi connectivity index (χ4v) is 3.66. The van der Waals surface area contributed by atoms with Gasteiger partial charge in [-0.15, -0.1) is 0 Å². The second-order valence-corrected chi connectivity index (χ2v) is 9.56. The number of nitrogens with one attached hydrogen (secondary N) is 5. The molecule has 214 valence electrons. The van der Waals surface area contributed by atoms with E-state index in [9.17, 15) is 33.6 Å². The van der Waals surface area contributed by atoms with Gasteiger partial charge in [-0.1, -0.05) is 33.6 Å². The summed E-state index contributed by atoms with van der Waals surface area (Å²) in [6.07, 6.45) is 4.04. The summed E-state index contributed by atoms with van der Waals surface area (Å²) in [5.74, 6) is -2.72. The van der Waals surface area contributed by atoms with Crippen molar-refractivity contribution in [2.75, 3.05) is 39.3 Å². The van der Waals surface area contributed by atoms with E-state index in [-0.39, 0.29) is 74.5 Å². The standard InChI is InChI=1S/C25H42N6O7/c1-4-5-10-26-20(33)13-28-22(35)15-30-23(36)16-29-21(34)14-27-19(32)9-7-6-8-11-31-24(37)12-18(17(2)3)25(31)38/h17-18H,4-16H2,1-3H3,(H,26,33)(H,27,32)(H,28,35)(H,29,34)(H,30,36). The second-order valence-electron chi connectivity index (χ2n) is 9.56. The molecule has 0 aromatic heterocycles. The summed E-state index contributed by atoms with van der Waals surface area (Å²) in [6.45, 7) is 5.53. The molecule has 0 radical (unpaired) electrons. The molecule has 1 atom stereocenters. The molecule has 38 heavy (non-hydrogen) atoms. The minimum atomic E-state index is -0.595. The van der Waals surface area contributed by atoms with E-state index in [4.69, 9.17) is 0 Å². The Morgan fingerprint density at radius 3 is 1.71 bits per heavy atom. The summed E-state index contributed by atoms with van der Waals surface area (Å²) in [4.78, 5) is 84.3. The monoisotopic (exact) mass is 538 g/mol. The number of carbonyl (C=O) groups excluding carboxylic acids is 7. The number of carbonyl (C=O) groups is 7. The first-order valence-electron chi connectivity index (χ1n) is 13.2. The summed E-state index contributed by atoms with van der Waals surface area (Å²) in [5.41, 5.74) is 0. The molecule has 1 heterocycles. The smallest absolute Gasteiger partial charge is 0.239 e. The number of imide groups is 1. The second kappa shape index (κ2) is 17.9. The quantitative estimate of drug-likeness (QED) is 0.109. The van der Waals surface area contributed by atoms with Crippen molar-refractivity contribution in [3.05, 3.63) is 0 Å². The van der Waals surface area contributed by atoms with Gasteiger partial charge in [-0.25, -0.2) is 0 Å². The molecule has 0 spiro atoms. The summed E-state index contributed by atoms with van der Waals surface area (Å²) < 4.78 is 0. The molecule has 1 fully saturated rings. The van der Waals surface area contributed by atoms with E-state index in [0.717, 1.165) is 12.8 Å². The number of likely N-dealkylation sites (tertiary alicyclic amines) is 1. The number of nitrogens with zero attached hydrogens (tertiary/aromatic N) is 1. The summed E-state index contributed by atoms with van der Waals surface area (Å²) in [6, 6.07) is 0. The highest BCUT2D eigenvalue weighted by Gasteiger charge is 2.39. The van der Waals surface area contributed by atoms with Gasteiger partial charge in [-0.3, -0.25) is 38.5 Å². The van der Waals surface area contributed by atoms with Crippen molar-refractivity contribution in [1.82, 2.24) is 31.5 Å². The summed E-state index contributed by atoms with van der Waals surface area (Å²) >= 11 is 0. The maximum absolute atomic E-state index is 12.3. The zero-order valence-electron chi connectivity index (χ0n) is 22.7. The molecule has 7 amide bonds. The average molecular weight is 539 g/mol. The number of hydrogen-bond acceptors (Lipinski definition) is 7. The normalized spacial score (nSPS) is 14.8. The first-order valence-corrected chi connectivity index (χ1v) is 13.2. The Hall–Kier alpha value is -3.51. The molecule has 0 aromatic carbocycles. The Kier molecular flexibility index (Phi) is 15.3. The van der Waals surface area contributed by atoms with Gasteiger partial charge in [-0.2, -0.15) is 0 Å². The third-order valence-corrected chi connectivity index (χ3v) is 6.01.